The number of hydrazone groups is 1. The van der Waals surface area contributed by atoms with E-state index in [1.807, 2.05) is 0 Å². The molecule has 0 aromatic heterocycles. The fraction of sp³-hybridized carbons (Fsp3) is 0.200. The van der Waals surface area contributed by atoms with E-state index in [1.165, 1.54) is 25.1 Å². The number of anilines is 1. The Hall–Kier alpha value is -1.24. The van der Waals surface area contributed by atoms with E-state index < -0.39 is 11.1 Å². The monoisotopic (exact) mass is 273 g/mol. The van der Waals surface area contributed by atoms with Crippen molar-refractivity contribution in [3.63, 3.8) is 0 Å². The fourth-order valence-corrected chi connectivity index (χ4v) is 1.59. The highest BCUT2D eigenvalue weighted by atomic mass is 35.5. The van der Waals surface area contributed by atoms with Crippen molar-refractivity contribution in [2.75, 3.05) is 5.43 Å². The van der Waals surface area contributed by atoms with Gasteiger partial charge in [-0.2, -0.15) is 5.10 Å². The van der Waals surface area contributed by atoms with Crippen molar-refractivity contribution in [1.29, 1.82) is 0 Å². The number of nitrogens with zero attached hydrogens (tertiary/aromatic N) is 1. The molecule has 0 heterocycles. The lowest BCUT2D eigenvalue weighted by atomic mass is 10.3. The van der Waals surface area contributed by atoms with Gasteiger partial charge < -0.3 is 4.55 Å². The van der Waals surface area contributed by atoms with Crippen LogP contribution in [0.25, 0.3) is 0 Å². The summed E-state index contributed by atoms with van der Waals surface area (Å²) in [6, 6.07) is 4.16. The van der Waals surface area contributed by atoms with E-state index in [-0.39, 0.29) is 15.7 Å². The molecular formula is C10H10ClN2O3S-. The summed E-state index contributed by atoms with van der Waals surface area (Å²) < 4.78 is 21.3. The van der Waals surface area contributed by atoms with Gasteiger partial charge in [-0.1, -0.05) is 11.6 Å². The van der Waals surface area contributed by atoms with Gasteiger partial charge in [0.05, 0.1) is 10.7 Å². The summed E-state index contributed by atoms with van der Waals surface area (Å²) in [6.07, 6.45) is 0. The third-order valence-corrected chi connectivity index (χ3v) is 2.94. The van der Waals surface area contributed by atoms with Gasteiger partial charge in [-0.05, 0) is 36.2 Å². The Morgan fingerprint density at radius 2 is 2.12 bits per heavy atom. The smallest absolute Gasteiger partial charge is 0.175 e. The zero-order chi connectivity index (χ0) is 13.0. The quantitative estimate of drug-likeness (QED) is 0.516. The van der Waals surface area contributed by atoms with Crippen LogP contribution in [0.3, 0.4) is 0 Å². The molecule has 1 aromatic carbocycles. The lowest BCUT2D eigenvalue weighted by Gasteiger charge is -2.08. The number of benzene rings is 1. The lowest BCUT2D eigenvalue weighted by molar-refractivity contribution is -0.111. The summed E-state index contributed by atoms with van der Waals surface area (Å²) in [5, 5.41) is 4.02. The molecule has 1 aromatic rings. The van der Waals surface area contributed by atoms with Crippen LogP contribution < -0.4 is 5.43 Å². The minimum absolute atomic E-state index is 0.0906. The molecule has 0 saturated heterocycles. The lowest BCUT2D eigenvalue weighted by Crippen LogP contribution is -2.07. The van der Waals surface area contributed by atoms with Crippen LogP contribution in [0.2, 0.25) is 5.02 Å². The molecule has 1 unspecified atom stereocenters. The van der Waals surface area contributed by atoms with Crippen LogP contribution in [0.15, 0.2) is 28.2 Å². The molecule has 0 aliphatic carbocycles. The number of ketones is 1. The van der Waals surface area contributed by atoms with Crippen LogP contribution in [-0.2, 0) is 15.9 Å². The normalized spacial score (nSPS) is 13.3. The predicted molar refractivity (Wildman–Crippen MR) is 66.1 cm³/mol. The second kappa shape index (κ2) is 5.90. The average molecular weight is 274 g/mol. The van der Waals surface area contributed by atoms with Gasteiger partial charge in [0, 0.05) is 11.8 Å². The van der Waals surface area contributed by atoms with Crippen molar-refractivity contribution in [2.45, 2.75) is 18.7 Å². The molecule has 0 aliphatic heterocycles. The molecule has 0 bridgehead atoms. The first kappa shape index (κ1) is 13.8. The Bertz CT molecular complexity index is 502. The van der Waals surface area contributed by atoms with E-state index in [0.717, 1.165) is 0 Å². The summed E-state index contributed by atoms with van der Waals surface area (Å²) >= 11 is 3.53. The topological polar surface area (TPSA) is 81.6 Å². The first-order chi connectivity index (χ1) is 7.91. The fourth-order valence-electron chi connectivity index (χ4n) is 0.913. The van der Waals surface area contributed by atoms with E-state index in [4.69, 9.17) is 11.6 Å². The standard InChI is InChI=1S/C10H11ClN2O3S/c1-6(7(2)14)12-13-10-4-3-8(17(15)16)5-9(10)11/h3-5,13H,1-2H3,(H,15,16)/p-1. The Labute approximate surface area is 106 Å². The number of carbonyl (C=O) groups is 1. The number of rotatable bonds is 4. The highest BCUT2D eigenvalue weighted by molar-refractivity contribution is 7.79. The van der Waals surface area contributed by atoms with E-state index >= 15 is 0 Å². The van der Waals surface area contributed by atoms with Crippen LogP contribution in [-0.4, -0.2) is 20.3 Å². The van der Waals surface area contributed by atoms with Crippen molar-refractivity contribution in [2.24, 2.45) is 5.10 Å². The van der Waals surface area contributed by atoms with E-state index in [0.29, 0.717) is 11.4 Å². The van der Waals surface area contributed by atoms with Crippen molar-refractivity contribution in [3.05, 3.63) is 23.2 Å². The molecule has 1 N–H and O–H groups in total. The van der Waals surface area contributed by atoms with Crippen molar-refractivity contribution >= 4 is 39.9 Å². The molecule has 0 amide bonds. The van der Waals surface area contributed by atoms with Crippen LogP contribution in [0.1, 0.15) is 13.8 Å². The molecule has 17 heavy (non-hydrogen) atoms. The van der Waals surface area contributed by atoms with E-state index in [2.05, 4.69) is 10.5 Å². The summed E-state index contributed by atoms with van der Waals surface area (Å²) in [5.41, 5.74) is 3.33. The molecule has 0 fully saturated rings. The molecule has 5 nitrogen and oxygen atoms in total. The zero-order valence-corrected chi connectivity index (χ0v) is 10.8. The highest BCUT2D eigenvalue weighted by Crippen LogP contribution is 2.24. The molecule has 0 saturated carbocycles. The van der Waals surface area contributed by atoms with E-state index in [1.54, 1.807) is 6.92 Å². The van der Waals surface area contributed by atoms with E-state index in [9.17, 15) is 13.6 Å². The third kappa shape index (κ3) is 3.92. The Morgan fingerprint density at radius 3 is 2.59 bits per heavy atom. The van der Waals surface area contributed by atoms with Crippen molar-refractivity contribution in [3.8, 4) is 0 Å². The molecule has 1 atom stereocenters. The van der Waals surface area contributed by atoms with Gasteiger partial charge >= 0.3 is 0 Å². The largest absolute Gasteiger partial charge is 0.768 e. The van der Waals surface area contributed by atoms with Crippen LogP contribution in [0.5, 0.6) is 0 Å². The van der Waals surface area contributed by atoms with Gasteiger partial charge in [0.1, 0.15) is 5.71 Å². The maximum absolute atomic E-state index is 10.9. The number of hydrogen-bond acceptors (Lipinski definition) is 5. The minimum Gasteiger partial charge on any atom is -0.768 e. The predicted octanol–water partition coefficient (Wildman–Crippen LogP) is 1.95. The van der Waals surface area contributed by atoms with Crippen molar-refractivity contribution in [1.82, 2.24) is 0 Å². The number of Topliss-reactive ketones (excluding diaryl/α,β-unsaturated/α-hetero) is 1. The number of carbonyl (C=O) groups excluding carboxylic acids is 1. The Balaban J connectivity index is 2.91. The maximum atomic E-state index is 10.9. The van der Waals surface area contributed by atoms with Gasteiger partial charge in [-0.25, -0.2) is 0 Å². The molecular weight excluding hydrogens is 264 g/mol. The van der Waals surface area contributed by atoms with Gasteiger partial charge in [0.25, 0.3) is 0 Å². The van der Waals surface area contributed by atoms with Crippen molar-refractivity contribution < 1.29 is 13.6 Å². The zero-order valence-electron chi connectivity index (χ0n) is 9.19. The summed E-state index contributed by atoms with van der Waals surface area (Å²) in [7, 11) is 0. The van der Waals surface area contributed by atoms with Gasteiger partial charge in [-0.3, -0.25) is 14.4 Å². The van der Waals surface area contributed by atoms with Crippen LogP contribution in [0.4, 0.5) is 5.69 Å². The maximum Gasteiger partial charge on any atom is 0.175 e. The minimum atomic E-state index is -2.32. The Morgan fingerprint density at radius 1 is 1.47 bits per heavy atom. The summed E-state index contributed by atoms with van der Waals surface area (Å²) in [5.74, 6) is -0.161. The second-order valence-corrected chi connectivity index (χ2v) is 4.59. The molecule has 7 heteroatoms. The molecule has 0 spiro atoms. The van der Waals surface area contributed by atoms with Gasteiger partial charge in [0.2, 0.25) is 0 Å². The molecule has 1 rings (SSSR count). The number of hydrogen-bond donors (Lipinski definition) is 1. The molecule has 0 aliphatic rings. The van der Waals surface area contributed by atoms with Gasteiger partial charge in [0.15, 0.2) is 5.78 Å². The SMILES string of the molecule is CC(=O)C(C)=NNc1ccc(S(=O)[O-])cc1Cl. The molecule has 92 valence electrons. The Kier molecular flexibility index (Phi) is 4.80. The number of nitrogens with one attached hydrogen (secondary N) is 1. The van der Waals surface area contributed by atoms with Crippen LogP contribution >= 0.6 is 11.6 Å². The van der Waals surface area contributed by atoms with Gasteiger partial charge in [-0.15, -0.1) is 0 Å². The first-order valence-electron chi connectivity index (χ1n) is 4.62. The number of halogens is 1. The summed E-state index contributed by atoms with van der Waals surface area (Å²) in [4.78, 5) is 11.0. The highest BCUT2D eigenvalue weighted by Gasteiger charge is 2.03. The second-order valence-electron chi connectivity index (χ2n) is 3.24. The first-order valence-corrected chi connectivity index (χ1v) is 6.07. The van der Waals surface area contributed by atoms with Crippen LogP contribution in [0, 0.1) is 0 Å². The summed E-state index contributed by atoms with van der Waals surface area (Å²) in [6.45, 7) is 2.95. The third-order valence-electron chi connectivity index (χ3n) is 1.99. The average Bonchev–Trinajstić information content (AvgIpc) is 2.26. The molecule has 0 radical (unpaired) electrons.